The van der Waals surface area contributed by atoms with Crippen molar-refractivity contribution >= 4 is 23.6 Å². The van der Waals surface area contributed by atoms with Gasteiger partial charge in [0.15, 0.2) is 5.82 Å². The molecule has 0 aromatic heterocycles. The summed E-state index contributed by atoms with van der Waals surface area (Å²) in [5, 5.41) is 24.8. The van der Waals surface area contributed by atoms with E-state index in [-0.39, 0.29) is 6.61 Å². The number of rotatable bonds is 7. The summed E-state index contributed by atoms with van der Waals surface area (Å²) >= 11 is 0. The fraction of sp³-hybridized carbons (Fsp3) is 0.333. The maximum Gasteiger partial charge on any atom is 0.343 e. The van der Waals surface area contributed by atoms with Crippen LogP contribution in [0.3, 0.4) is 0 Å². The lowest BCUT2D eigenvalue weighted by Gasteiger charge is -2.11. The standard InChI is InChI=1S/C15H16F3N3O5/c1-4-5-26-15(23)8(6-20-19-3)14(22)9-10(16)7(2)11(17)12(18)13(9)21(24)25/h6,19,22H,4-5H2,1-3H3. The molecule has 142 valence electrons. The average Bonchev–Trinajstić information content (AvgIpc) is 2.60. The van der Waals surface area contributed by atoms with Crippen molar-refractivity contribution in [2.45, 2.75) is 20.3 Å². The van der Waals surface area contributed by atoms with Crippen molar-refractivity contribution in [3.8, 4) is 0 Å². The lowest BCUT2D eigenvalue weighted by atomic mass is 10.0. The summed E-state index contributed by atoms with van der Waals surface area (Å²) in [6, 6.07) is 0. The molecule has 0 fully saturated rings. The van der Waals surface area contributed by atoms with Crippen LogP contribution in [0.2, 0.25) is 0 Å². The second kappa shape index (κ2) is 8.83. The highest BCUT2D eigenvalue weighted by Crippen LogP contribution is 2.35. The van der Waals surface area contributed by atoms with Crippen LogP contribution in [0.4, 0.5) is 18.9 Å². The number of carbonyl (C=O) groups is 1. The Morgan fingerprint density at radius 2 is 1.96 bits per heavy atom. The minimum atomic E-state index is -1.97. The second-order valence-corrected chi connectivity index (χ2v) is 4.93. The molecule has 1 aromatic rings. The molecular formula is C15H16F3N3O5. The summed E-state index contributed by atoms with van der Waals surface area (Å²) in [6.45, 7) is 2.44. The van der Waals surface area contributed by atoms with Crippen LogP contribution in [0, 0.1) is 34.5 Å². The zero-order valence-electron chi connectivity index (χ0n) is 14.1. The highest BCUT2D eigenvalue weighted by molar-refractivity contribution is 6.15. The molecule has 0 bridgehead atoms. The third-order valence-electron chi connectivity index (χ3n) is 3.17. The number of nitrogens with one attached hydrogen (secondary N) is 1. The Labute approximate surface area is 146 Å². The number of benzene rings is 1. The van der Waals surface area contributed by atoms with Crippen molar-refractivity contribution < 1.29 is 32.7 Å². The molecule has 0 saturated heterocycles. The minimum absolute atomic E-state index is 0.0651. The van der Waals surface area contributed by atoms with Gasteiger partial charge < -0.3 is 15.3 Å². The number of hydrogen-bond acceptors (Lipinski definition) is 7. The van der Waals surface area contributed by atoms with E-state index < -0.39 is 56.5 Å². The van der Waals surface area contributed by atoms with E-state index in [0.29, 0.717) is 12.6 Å². The van der Waals surface area contributed by atoms with Crippen LogP contribution in [-0.2, 0) is 9.53 Å². The van der Waals surface area contributed by atoms with Gasteiger partial charge in [0.2, 0.25) is 5.82 Å². The summed E-state index contributed by atoms with van der Waals surface area (Å²) in [6.07, 6.45) is 1.13. The Kier molecular flexibility index (Phi) is 7.11. The van der Waals surface area contributed by atoms with Gasteiger partial charge in [0, 0.05) is 12.6 Å². The monoisotopic (exact) mass is 375 g/mol. The quantitative estimate of drug-likeness (QED) is 0.144. The van der Waals surface area contributed by atoms with Gasteiger partial charge in [-0.15, -0.1) is 0 Å². The van der Waals surface area contributed by atoms with Crippen molar-refractivity contribution in [3.05, 3.63) is 44.3 Å². The van der Waals surface area contributed by atoms with E-state index in [1.807, 2.05) is 0 Å². The third kappa shape index (κ3) is 4.10. The molecule has 1 aromatic carbocycles. The lowest BCUT2D eigenvalue weighted by Crippen LogP contribution is -2.15. The average molecular weight is 375 g/mol. The van der Waals surface area contributed by atoms with Gasteiger partial charge in [-0.2, -0.15) is 9.49 Å². The fourth-order valence-corrected chi connectivity index (χ4v) is 1.90. The molecule has 11 heteroatoms. The predicted molar refractivity (Wildman–Crippen MR) is 86.1 cm³/mol. The number of nitrogens with zero attached hydrogens (tertiary/aromatic N) is 2. The van der Waals surface area contributed by atoms with Crippen LogP contribution in [0.5, 0.6) is 0 Å². The summed E-state index contributed by atoms with van der Waals surface area (Å²) in [7, 11) is 1.34. The molecule has 0 unspecified atom stereocenters. The Hall–Kier alpha value is -3.11. The van der Waals surface area contributed by atoms with Crippen molar-refractivity contribution in [3.63, 3.8) is 0 Å². The van der Waals surface area contributed by atoms with Gasteiger partial charge in [0.05, 0.1) is 17.7 Å². The van der Waals surface area contributed by atoms with Crippen LogP contribution >= 0.6 is 0 Å². The molecule has 0 aliphatic rings. The molecule has 0 radical (unpaired) electrons. The van der Waals surface area contributed by atoms with E-state index in [9.17, 15) is 33.2 Å². The van der Waals surface area contributed by atoms with Gasteiger partial charge in [-0.3, -0.25) is 10.1 Å². The normalized spacial score (nSPS) is 12.1. The van der Waals surface area contributed by atoms with E-state index in [1.165, 1.54) is 7.05 Å². The highest BCUT2D eigenvalue weighted by atomic mass is 19.2. The first-order valence-corrected chi connectivity index (χ1v) is 7.30. The van der Waals surface area contributed by atoms with Crippen LogP contribution in [0.15, 0.2) is 10.7 Å². The molecule has 0 spiro atoms. The second-order valence-electron chi connectivity index (χ2n) is 4.93. The van der Waals surface area contributed by atoms with E-state index in [4.69, 9.17) is 4.74 Å². The number of carbonyl (C=O) groups excluding carboxylic acids is 1. The number of hydrogen-bond donors (Lipinski definition) is 2. The smallest absolute Gasteiger partial charge is 0.343 e. The number of nitro benzene ring substituents is 1. The van der Waals surface area contributed by atoms with Gasteiger partial charge in [-0.05, 0) is 13.3 Å². The fourth-order valence-electron chi connectivity index (χ4n) is 1.90. The summed E-state index contributed by atoms with van der Waals surface area (Å²) in [5.74, 6) is -7.82. The molecule has 0 amide bonds. The molecule has 2 N–H and O–H groups in total. The first-order chi connectivity index (χ1) is 12.2. The highest BCUT2D eigenvalue weighted by Gasteiger charge is 2.35. The predicted octanol–water partition coefficient (Wildman–Crippen LogP) is 2.75. The third-order valence-corrected chi connectivity index (χ3v) is 3.17. The van der Waals surface area contributed by atoms with E-state index in [2.05, 4.69) is 10.5 Å². The SMILES string of the molecule is CCCOC(=O)C(C=NNC)=C(O)c1c(F)c(C)c(F)c(F)c1[N+](=O)[O-]. The maximum absolute atomic E-state index is 14.4. The lowest BCUT2D eigenvalue weighted by molar-refractivity contribution is -0.388. The summed E-state index contributed by atoms with van der Waals surface area (Å²) < 4.78 is 46.8. The van der Waals surface area contributed by atoms with Gasteiger partial charge in [0.1, 0.15) is 22.7 Å². The number of hydrazone groups is 1. The van der Waals surface area contributed by atoms with Crippen LogP contribution < -0.4 is 5.43 Å². The molecule has 0 atom stereocenters. The first kappa shape index (κ1) is 20.9. The number of aliphatic hydroxyl groups excluding tert-OH is 1. The van der Waals surface area contributed by atoms with Crippen molar-refractivity contribution in [1.29, 1.82) is 0 Å². The molecule has 0 aliphatic heterocycles. The molecule has 0 heterocycles. The van der Waals surface area contributed by atoms with Gasteiger partial charge >= 0.3 is 11.7 Å². The molecule has 8 nitrogen and oxygen atoms in total. The number of nitro groups is 1. The Morgan fingerprint density at radius 3 is 2.46 bits per heavy atom. The summed E-state index contributed by atoms with van der Waals surface area (Å²) in [4.78, 5) is 21.7. The number of aliphatic hydroxyl groups is 1. The first-order valence-electron chi connectivity index (χ1n) is 7.30. The van der Waals surface area contributed by atoms with Crippen molar-refractivity contribution in [2.24, 2.45) is 5.10 Å². The Bertz CT molecular complexity index is 793. The van der Waals surface area contributed by atoms with Crippen LogP contribution in [0.1, 0.15) is 24.5 Å². The molecule has 1 rings (SSSR count). The van der Waals surface area contributed by atoms with Gasteiger partial charge in [-0.25, -0.2) is 13.6 Å². The molecule has 26 heavy (non-hydrogen) atoms. The number of esters is 1. The zero-order valence-corrected chi connectivity index (χ0v) is 14.1. The topological polar surface area (TPSA) is 114 Å². The van der Waals surface area contributed by atoms with Gasteiger partial charge in [-0.1, -0.05) is 6.92 Å². The zero-order chi connectivity index (χ0) is 20.0. The van der Waals surface area contributed by atoms with Crippen LogP contribution in [-0.4, -0.2) is 35.9 Å². The minimum Gasteiger partial charge on any atom is -0.506 e. The number of halogens is 3. The van der Waals surface area contributed by atoms with Crippen LogP contribution in [0.25, 0.3) is 5.76 Å². The molecular weight excluding hydrogens is 359 g/mol. The molecule has 0 aliphatic carbocycles. The summed E-state index contributed by atoms with van der Waals surface area (Å²) in [5.41, 5.74) is -2.36. The number of ether oxygens (including phenoxy) is 1. The van der Waals surface area contributed by atoms with Gasteiger partial charge in [0.25, 0.3) is 0 Å². The maximum atomic E-state index is 14.4. The van der Waals surface area contributed by atoms with E-state index >= 15 is 0 Å². The van der Waals surface area contributed by atoms with Crippen molar-refractivity contribution in [1.82, 2.24) is 5.43 Å². The largest absolute Gasteiger partial charge is 0.506 e. The Balaban J connectivity index is 3.82. The molecule has 0 saturated carbocycles. The van der Waals surface area contributed by atoms with E-state index in [1.54, 1.807) is 6.92 Å². The Morgan fingerprint density at radius 1 is 1.35 bits per heavy atom. The van der Waals surface area contributed by atoms with Crippen molar-refractivity contribution in [2.75, 3.05) is 13.7 Å². The van der Waals surface area contributed by atoms with E-state index in [0.717, 1.165) is 6.92 Å².